The Balaban J connectivity index is 1.20. The molecule has 3 aromatic carbocycles. The molecule has 0 N–H and O–H groups in total. The summed E-state index contributed by atoms with van der Waals surface area (Å²) in [7, 11) is 4.09. The van der Waals surface area contributed by atoms with Crippen LogP contribution in [0.5, 0.6) is 0 Å². The number of allylic oxidation sites excluding steroid dienone is 1. The molecule has 0 fully saturated rings. The van der Waals surface area contributed by atoms with E-state index in [1.54, 1.807) is 0 Å². The molecule has 224 valence electrons. The van der Waals surface area contributed by atoms with E-state index in [1.165, 1.54) is 17.7 Å². The number of rotatable bonds is 11. The molecule has 44 heavy (non-hydrogen) atoms. The Morgan fingerprint density at radius 3 is 2.45 bits per heavy atom. The highest BCUT2D eigenvalue weighted by molar-refractivity contribution is 6.29. The van der Waals surface area contributed by atoms with Crippen LogP contribution in [-0.4, -0.2) is 44.5 Å². The van der Waals surface area contributed by atoms with E-state index < -0.39 is 23.0 Å². The van der Waals surface area contributed by atoms with Crippen LogP contribution in [0.1, 0.15) is 51.3 Å². The van der Waals surface area contributed by atoms with Crippen LogP contribution < -0.4 is 5.56 Å². The molecule has 0 amide bonds. The number of ketones is 1. The Hall–Kier alpha value is -4.60. The van der Waals surface area contributed by atoms with E-state index in [0.717, 1.165) is 51.2 Å². The van der Waals surface area contributed by atoms with Crippen LogP contribution in [0.15, 0.2) is 83.8 Å². The van der Waals surface area contributed by atoms with Gasteiger partial charge in [-0.3, -0.25) is 9.59 Å². The highest BCUT2D eigenvalue weighted by Crippen LogP contribution is 2.18. The predicted molar refractivity (Wildman–Crippen MR) is 168 cm³/mol. The molecule has 0 radical (unpaired) electrons. The summed E-state index contributed by atoms with van der Waals surface area (Å²) in [5.41, 5.74) is 3.74. The summed E-state index contributed by atoms with van der Waals surface area (Å²) >= 11 is 6.07. The van der Waals surface area contributed by atoms with Crippen LogP contribution in [0.3, 0.4) is 0 Å². The number of hydrogen-bond donors (Lipinski definition) is 0. The third-order valence-electron chi connectivity index (χ3n) is 6.95. The van der Waals surface area contributed by atoms with Crippen LogP contribution in [-0.2, 0) is 19.5 Å². The van der Waals surface area contributed by atoms with Crippen molar-refractivity contribution in [3.8, 4) is 0 Å². The quantitative estimate of drug-likeness (QED) is 0.158. The van der Waals surface area contributed by atoms with Crippen molar-refractivity contribution in [1.82, 2.24) is 24.6 Å². The van der Waals surface area contributed by atoms with Gasteiger partial charge in [-0.1, -0.05) is 60.2 Å². The van der Waals surface area contributed by atoms with Crippen molar-refractivity contribution in [3.05, 3.63) is 140 Å². The molecule has 0 aliphatic rings. The first kappa shape index (κ1) is 30.8. The second-order valence-electron chi connectivity index (χ2n) is 10.8. The van der Waals surface area contributed by atoms with Gasteiger partial charge in [0.15, 0.2) is 22.6 Å². The molecule has 0 spiro atoms. The Morgan fingerprint density at radius 2 is 1.70 bits per heavy atom. The maximum absolute atomic E-state index is 13.6. The van der Waals surface area contributed by atoms with E-state index in [9.17, 15) is 18.4 Å². The average molecular weight is 614 g/mol. The fourth-order valence-electron chi connectivity index (χ4n) is 4.79. The van der Waals surface area contributed by atoms with Gasteiger partial charge in [-0.25, -0.2) is 23.4 Å². The molecule has 0 aliphatic carbocycles. The molecule has 10 heteroatoms. The number of hydrogen-bond acceptors (Lipinski definition) is 6. The lowest BCUT2D eigenvalue weighted by Crippen LogP contribution is -2.29. The predicted octanol–water partition coefficient (Wildman–Crippen LogP) is 6.50. The standard InChI is InChI=1S/C34H30ClF2N5O2/c1-41(2)20-24-9-7-23(8-10-24)17-33-38-19-26-15-22(12-14-30(26)39-33)5-3-4-6-31(43)27-18-32(35)40-42(34(27)44)21-25-11-13-28(36)29(37)16-25/h3,5,7-16,18-19H,4,6,17,20-21H2,1-2H3/b5-3+. The fourth-order valence-corrected chi connectivity index (χ4v) is 4.99. The van der Waals surface area contributed by atoms with Crippen molar-refractivity contribution in [3.63, 3.8) is 0 Å². The van der Waals surface area contributed by atoms with Crippen LogP contribution in [0.25, 0.3) is 17.0 Å². The monoisotopic (exact) mass is 613 g/mol. The van der Waals surface area contributed by atoms with E-state index in [1.807, 2.05) is 50.6 Å². The molecule has 5 aromatic rings. The van der Waals surface area contributed by atoms with Crippen molar-refractivity contribution in [2.75, 3.05) is 14.1 Å². The maximum Gasteiger partial charge on any atom is 0.278 e. The number of nitrogens with zero attached hydrogens (tertiary/aromatic N) is 5. The lowest BCUT2D eigenvalue weighted by molar-refractivity contribution is 0.0981. The zero-order chi connectivity index (χ0) is 31.2. The van der Waals surface area contributed by atoms with Crippen molar-refractivity contribution in [2.24, 2.45) is 0 Å². The highest BCUT2D eigenvalue weighted by Gasteiger charge is 2.15. The summed E-state index contributed by atoms with van der Waals surface area (Å²) in [6.07, 6.45) is 6.69. The molecule has 0 atom stereocenters. The molecule has 0 saturated carbocycles. The number of carbonyl (C=O) groups excluding carboxylic acids is 1. The minimum Gasteiger partial charge on any atom is -0.305 e. The van der Waals surface area contributed by atoms with Gasteiger partial charge in [-0.2, -0.15) is 5.10 Å². The summed E-state index contributed by atoms with van der Waals surface area (Å²) < 4.78 is 27.8. The number of halogens is 3. The normalized spacial score (nSPS) is 11.6. The summed E-state index contributed by atoms with van der Waals surface area (Å²) in [4.78, 5) is 37.2. The van der Waals surface area contributed by atoms with Crippen LogP contribution in [0, 0.1) is 11.6 Å². The summed E-state index contributed by atoms with van der Waals surface area (Å²) in [5.74, 6) is -1.68. The Labute approximate surface area is 258 Å². The van der Waals surface area contributed by atoms with E-state index >= 15 is 0 Å². The van der Waals surface area contributed by atoms with Crippen LogP contribution in [0.4, 0.5) is 8.78 Å². The van der Waals surface area contributed by atoms with E-state index in [2.05, 4.69) is 39.2 Å². The first-order valence-electron chi connectivity index (χ1n) is 14.0. The molecule has 0 saturated heterocycles. The minimum atomic E-state index is -1.04. The molecule has 2 heterocycles. The van der Waals surface area contributed by atoms with Gasteiger partial charge in [0, 0.05) is 31.0 Å². The van der Waals surface area contributed by atoms with E-state index in [-0.39, 0.29) is 23.7 Å². The van der Waals surface area contributed by atoms with Gasteiger partial charge in [0.1, 0.15) is 5.82 Å². The first-order chi connectivity index (χ1) is 21.1. The van der Waals surface area contributed by atoms with E-state index in [0.29, 0.717) is 18.4 Å². The second-order valence-corrected chi connectivity index (χ2v) is 11.2. The molecule has 7 nitrogen and oxygen atoms in total. The Morgan fingerprint density at radius 1 is 0.955 bits per heavy atom. The van der Waals surface area contributed by atoms with Gasteiger partial charge >= 0.3 is 0 Å². The topological polar surface area (TPSA) is 81.0 Å². The van der Waals surface area contributed by atoms with Gasteiger partial charge in [-0.05, 0) is 73.1 Å². The zero-order valence-corrected chi connectivity index (χ0v) is 25.1. The smallest absolute Gasteiger partial charge is 0.278 e. The average Bonchev–Trinajstić information content (AvgIpc) is 2.99. The van der Waals surface area contributed by atoms with Crippen molar-refractivity contribution in [1.29, 1.82) is 0 Å². The summed E-state index contributed by atoms with van der Waals surface area (Å²) in [5, 5.41) is 4.79. The van der Waals surface area contributed by atoms with Crippen LogP contribution >= 0.6 is 11.6 Å². The number of Topliss-reactive ketones (excluding diaryl/α,β-unsaturated/α-hetero) is 1. The number of carbonyl (C=O) groups is 1. The lowest BCUT2D eigenvalue weighted by Gasteiger charge is -2.10. The molecule has 0 bridgehead atoms. The van der Waals surface area contributed by atoms with Crippen LogP contribution in [0.2, 0.25) is 5.15 Å². The number of fused-ring (bicyclic) bond motifs is 1. The van der Waals surface area contributed by atoms with E-state index in [4.69, 9.17) is 16.6 Å². The molecule has 0 unspecified atom stereocenters. The van der Waals surface area contributed by atoms with Crippen molar-refractivity contribution < 1.29 is 13.6 Å². The van der Waals surface area contributed by atoms with Gasteiger partial charge in [0.2, 0.25) is 0 Å². The largest absolute Gasteiger partial charge is 0.305 e. The Kier molecular flexibility index (Phi) is 9.67. The molecular weight excluding hydrogens is 584 g/mol. The molecule has 2 aromatic heterocycles. The zero-order valence-electron chi connectivity index (χ0n) is 24.3. The number of aromatic nitrogens is 4. The number of benzene rings is 3. The summed E-state index contributed by atoms with van der Waals surface area (Å²) in [6, 6.07) is 18.9. The third kappa shape index (κ3) is 7.86. The molecule has 0 aliphatic heterocycles. The Bertz CT molecular complexity index is 1910. The molecule has 5 rings (SSSR count). The van der Waals surface area contributed by atoms with Gasteiger partial charge in [-0.15, -0.1) is 0 Å². The van der Waals surface area contributed by atoms with Gasteiger partial charge in [0.25, 0.3) is 5.56 Å². The van der Waals surface area contributed by atoms with Gasteiger partial charge in [0.05, 0.1) is 17.6 Å². The lowest BCUT2D eigenvalue weighted by atomic mass is 10.1. The second kappa shape index (κ2) is 13.8. The van der Waals surface area contributed by atoms with Crippen molar-refractivity contribution in [2.45, 2.75) is 32.4 Å². The van der Waals surface area contributed by atoms with Crippen molar-refractivity contribution >= 4 is 34.4 Å². The SMILES string of the molecule is CN(C)Cc1ccc(Cc2ncc3cc(/C=C/CCC(=O)c4cc(Cl)nn(Cc5ccc(F)c(F)c5)c4=O)ccc3n2)cc1. The first-order valence-corrected chi connectivity index (χ1v) is 14.4. The minimum absolute atomic E-state index is 0.0504. The third-order valence-corrected chi connectivity index (χ3v) is 7.13. The molecular formula is C34H30ClF2N5O2. The summed E-state index contributed by atoms with van der Waals surface area (Å²) in [6.45, 7) is 0.735. The fraction of sp³-hybridized carbons (Fsp3) is 0.206. The maximum atomic E-state index is 13.6. The highest BCUT2D eigenvalue weighted by atomic mass is 35.5. The van der Waals surface area contributed by atoms with Gasteiger partial charge < -0.3 is 4.90 Å².